The zero-order chi connectivity index (χ0) is 12.5. The van der Waals surface area contributed by atoms with Crippen molar-refractivity contribution in [3.63, 3.8) is 0 Å². The van der Waals surface area contributed by atoms with Gasteiger partial charge in [-0.05, 0) is 5.41 Å². The molecule has 0 bridgehead atoms. The van der Waals surface area contributed by atoms with Gasteiger partial charge in [-0.1, -0.05) is 37.7 Å². The molecule has 2 aromatic rings. The van der Waals surface area contributed by atoms with Crippen LogP contribution < -0.4 is 0 Å². The first-order chi connectivity index (χ1) is 7.95. The van der Waals surface area contributed by atoms with E-state index in [1.807, 2.05) is 6.20 Å². The van der Waals surface area contributed by atoms with E-state index in [4.69, 9.17) is 4.52 Å². The summed E-state index contributed by atoms with van der Waals surface area (Å²) in [6.07, 6.45) is 1.95. The molecule has 6 heteroatoms. The van der Waals surface area contributed by atoms with E-state index in [9.17, 15) is 0 Å². The number of nitrogens with zero attached hydrogens (tertiary/aromatic N) is 3. The Bertz CT molecular complexity index is 499. The van der Waals surface area contributed by atoms with Gasteiger partial charge in [0.1, 0.15) is 4.34 Å². The highest BCUT2D eigenvalue weighted by Crippen LogP contribution is 2.33. The Labute approximate surface area is 109 Å². The van der Waals surface area contributed by atoms with Crippen molar-refractivity contribution in [2.24, 2.45) is 0 Å². The van der Waals surface area contributed by atoms with Crippen LogP contribution in [0.15, 0.2) is 15.1 Å². The van der Waals surface area contributed by atoms with Crippen LogP contribution in [0, 0.1) is 6.92 Å². The van der Waals surface area contributed by atoms with Crippen molar-refractivity contribution in [2.75, 3.05) is 0 Å². The Balaban J connectivity index is 1.98. The van der Waals surface area contributed by atoms with Gasteiger partial charge in [0.15, 0.2) is 5.82 Å². The predicted octanol–water partition coefficient (Wildman–Crippen LogP) is 3.42. The fourth-order valence-corrected chi connectivity index (χ4v) is 3.08. The summed E-state index contributed by atoms with van der Waals surface area (Å²) >= 11 is 3.38. The van der Waals surface area contributed by atoms with Crippen molar-refractivity contribution < 1.29 is 4.52 Å². The average Bonchev–Trinajstić information content (AvgIpc) is 2.82. The van der Waals surface area contributed by atoms with E-state index in [1.165, 1.54) is 4.88 Å². The van der Waals surface area contributed by atoms with E-state index in [1.54, 1.807) is 30.0 Å². The highest BCUT2D eigenvalue weighted by atomic mass is 32.2. The smallest absolute Gasteiger partial charge is 0.223 e. The minimum Gasteiger partial charge on any atom is -0.340 e. The van der Waals surface area contributed by atoms with E-state index in [-0.39, 0.29) is 5.41 Å². The molecule has 0 unspecified atom stereocenters. The highest BCUT2D eigenvalue weighted by molar-refractivity contribution is 8.00. The van der Waals surface area contributed by atoms with E-state index >= 15 is 0 Å². The lowest BCUT2D eigenvalue weighted by molar-refractivity contribution is 0.389. The Kier molecular flexibility index (Phi) is 3.53. The van der Waals surface area contributed by atoms with E-state index in [0.717, 1.165) is 10.2 Å². The normalized spacial score (nSPS) is 12.0. The third kappa shape index (κ3) is 3.29. The lowest BCUT2D eigenvalue weighted by atomic mass is 9.96. The Morgan fingerprint density at radius 2 is 2.18 bits per heavy atom. The van der Waals surface area contributed by atoms with Crippen molar-refractivity contribution in [3.05, 3.63) is 22.8 Å². The van der Waals surface area contributed by atoms with E-state index in [2.05, 4.69) is 35.9 Å². The van der Waals surface area contributed by atoms with Crippen LogP contribution in [0.5, 0.6) is 0 Å². The fourth-order valence-electron chi connectivity index (χ4n) is 1.20. The summed E-state index contributed by atoms with van der Waals surface area (Å²) < 4.78 is 5.97. The number of thiazole rings is 1. The molecule has 0 radical (unpaired) electrons. The number of hydrogen-bond donors (Lipinski definition) is 0. The maximum Gasteiger partial charge on any atom is 0.223 e. The van der Waals surface area contributed by atoms with Crippen molar-refractivity contribution >= 4 is 23.1 Å². The van der Waals surface area contributed by atoms with Crippen LogP contribution in [0.4, 0.5) is 0 Å². The molecule has 0 fully saturated rings. The van der Waals surface area contributed by atoms with Crippen LogP contribution in [0.25, 0.3) is 0 Å². The molecule has 0 N–H and O–H groups in total. The van der Waals surface area contributed by atoms with Gasteiger partial charge in [0.2, 0.25) is 5.89 Å². The minimum absolute atomic E-state index is 0.166. The number of aromatic nitrogens is 3. The number of thioether (sulfide) groups is 1. The summed E-state index contributed by atoms with van der Waals surface area (Å²) in [6.45, 7) is 8.37. The standard InChI is InChI=1S/C11H15N3OS2/c1-7-13-9(14-15-7)6-16-10-12-5-8(17-10)11(2,3)4/h5H,6H2,1-4H3. The third-order valence-electron chi connectivity index (χ3n) is 2.12. The molecule has 2 heterocycles. The quantitative estimate of drug-likeness (QED) is 0.799. The Morgan fingerprint density at radius 1 is 1.41 bits per heavy atom. The van der Waals surface area contributed by atoms with Crippen LogP contribution >= 0.6 is 23.1 Å². The summed E-state index contributed by atoms with van der Waals surface area (Å²) in [6, 6.07) is 0. The van der Waals surface area contributed by atoms with Crippen molar-refractivity contribution in [3.8, 4) is 0 Å². The number of aryl methyl sites for hydroxylation is 1. The molecule has 0 saturated carbocycles. The molecule has 0 amide bonds. The summed E-state index contributed by atoms with van der Waals surface area (Å²) in [5.74, 6) is 2.03. The molecule has 2 rings (SSSR count). The molecule has 92 valence electrons. The third-order valence-corrected chi connectivity index (χ3v) is 4.69. The van der Waals surface area contributed by atoms with Gasteiger partial charge in [0, 0.05) is 18.0 Å². The van der Waals surface area contributed by atoms with Gasteiger partial charge in [-0.3, -0.25) is 0 Å². The van der Waals surface area contributed by atoms with Gasteiger partial charge in [-0.25, -0.2) is 4.98 Å². The predicted molar refractivity (Wildman–Crippen MR) is 69.4 cm³/mol. The molecule has 17 heavy (non-hydrogen) atoms. The second kappa shape index (κ2) is 4.78. The topological polar surface area (TPSA) is 51.8 Å². The summed E-state index contributed by atoms with van der Waals surface area (Å²) in [7, 11) is 0. The van der Waals surface area contributed by atoms with Crippen LogP contribution in [-0.4, -0.2) is 15.1 Å². The van der Waals surface area contributed by atoms with Crippen LogP contribution in [0.2, 0.25) is 0 Å². The van der Waals surface area contributed by atoms with Crippen LogP contribution in [-0.2, 0) is 11.2 Å². The van der Waals surface area contributed by atoms with Gasteiger partial charge < -0.3 is 4.52 Å². The molecule has 0 aromatic carbocycles. The molecular weight excluding hydrogens is 254 g/mol. The first kappa shape index (κ1) is 12.6. The van der Waals surface area contributed by atoms with E-state index < -0.39 is 0 Å². The number of rotatable bonds is 3. The zero-order valence-electron chi connectivity index (χ0n) is 10.4. The van der Waals surface area contributed by atoms with Gasteiger partial charge >= 0.3 is 0 Å². The second-order valence-electron chi connectivity index (χ2n) is 4.76. The van der Waals surface area contributed by atoms with Crippen molar-refractivity contribution in [1.82, 2.24) is 15.1 Å². The molecular formula is C11H15N3OS2. The second-order valence-corrected chi connectivity index (χ2v) is 7.01. The summed E-state index contributed by atoms with van der Waals surface area (Å²) in [5, 5.41) is 3.86. The maximum absolute atomic E-state index is 4.92. The molecule has 0 saturated heterocycles. The molecule has 0 aliphatic carbocycles. The fraction of sp³-hybridized carbons (Fsp3) is 0.545. The first-order valence-corrected chi connectivity index (χ1v) is 7.13. The lowest BCUT2D eigenvalue weighted by Gasteiger charge is -2.14. The number of hydrogen-bond acceptors (Lipinski definition) is 6. The van der Waals surface area contributed by atoms with Crippen LogP contribution in [0.1, 0.15) is 37.4 Å². The highest BCUT2D eigenvalue weighted by Gasteiger charge is 2.17. The van der Waals surface area contributed by atoms with Gasteiger partial charge in [-0.2, -0.15) is 4.98 Å². The molecule has 0 atom stereocenters. The van der Waals surface area contributed by atoms with Crippen molar-refractivity contribution in [1.29, 1.82) is 0 Å². The summed E-state index contributed by atoms with van der Waals surface area (Å²) in [5.41, 5.74) is 0.166. The monoisotopic (exact) mass is 269 g/mol. The zero-order valence-corrected chi connectivity index (χ0v) is 12.0. The average molecular weight is 269 g/mol. The molecule has 2 aromatic heterocycles. The molecule has 0 spiro atoms. The van der Waals surface area contributed by atoms with Crippen LogP contribution in [0.3, 0.4) is 0 Å². The molecule has 4 nitrogen and oxygen atoms in total. The lowest BCUT2D eigenvalue weighted by Crippen LogP contribution is -2.07. The SMILES string of the molecule is Cc1nc(CSc2ncc(C(C)(C)C)s2)no1. The minimum atomic E-state index is 0.166. The largest absolute Gasteiger partial charge is 0.340 e. The van der Waals surface area contributed by atoms with Gasteiger partial charge in [-0.15, -0.1) is 11.3 Å². The molecule has 0 aliphatic heterocycles. The maximum atomic E-state index is 4.92. The summed E-state index contributed by atoms with van der Waals surface area (Å²) in [4.78, 5) is 9.86. The Morgan fingerprint density at radius 3 is 2.71 bits per heavy atom. The van der Waals surface area contributed by atoms with E-state index in [0.29, 0.717) is 11.6 Å². The Hall–Kier alpha value is -0.880. The van der Waals surface area contributed by atoms with Gasteiger partial charge in [0.05, 0.1) is 5.75 Å². The van der Waals surface area contributed by atoms with Crippen molar-refractivity contribution in [2.45, 2.75) is 43.2 Å². The molecule has 0 aliphatic rings. The first-order valence-electron chi connectivity index (χ1n) is 5.33. The van der Waals surface area contributed by atoms with Gasteiger partial charge in [0.25, 0.3) is 0 Å².